The van der Waals surface area contributed by atoms with Gasteiger partial charge in [0.1, 0.15) is 0 Å². The first-order valence-electron chi connectivity index (χ1n) is 6.68. The van der Waals surface area contributed by atoms with Crippen molar-refractivity contribution in [2.24, 2.45) is 0 Å². The van der Waals surface area contributed by atoms with Crippen LogP contribution < -0.4 is 4.72 Å². The highest BCUT2D eigenvalue weighted by Gasteiger charge is 2.14. The van der Waals surface area contributed by atoms with E-state index < -0.39 is 10.0 Å². The maximum Gasteiger partial charge on any atom is 0.310 e. The van der Waals surface area contributed by atoms with Gasteiger partial charge in [-0.25, -0.2) is 8.42 Å². The molecule has 2 aromatic rings. The summed E-state index contributed by atoms with van der Waals surface area (Å²) in [5.41, 5.74) is 1.08. The molecule has 1 aromatic carbocycles. The largest absolute Gasteiger partial charge is 0.466 e. The number of aromatic nitrogens is 1. The quantitative estimate of drug-likeness (QED) is 0.823. The van der Waals surface area contributed by atoms with Gasteiger partial charge in [-0.2, -0.15) is 0 Å². The molecule has 0 saturated carbocycles. The molecular weight excluding hydrogens is 304 g/mol. The van der Waals surface area contributed by atoms with E-state index >= 15 is 0 Å². The van der Waals surface area contributed by atoms with Crippen LogP contribution in [0, 0.1) is 0 Å². The summed E-state index contributed by atoms with van der Waals surface area (Å²) in [6, 6.07) is 9.34. The summed E-state index contributed by atoms with van der Waals surface area (Å²) in [5, 5.41) is 0. The normalized spacial score (nSPS) is 11.0. The van der Waals surface area contributed by atoms with Gasteiger partial charge in [0.05, 0.1) is 29.8 Å². The molecule has 22 heavy (non-hydrogen) atoms. The van der Waals surface area contributed by atoms with E-state index in [4.69, 9.17) is 4.74 Å². The van der Waals surface area contributed by atoms with E-state index in [-0.39, 0.29) is 17.3 Å². The van der Waals surface area contributed by atoms with Gasteiger partial charge in [0.15, 0.2) is 0 Å². The number of anilines is 1. The van der Waals surface area contributed by atoms with E-state index in [0.29, 0.717) is 17.9 Å². The Labute approximate surface area is 129 Å². The number of pyridine rings is 1. The van der Waals surface area contributed by atoms with Crippen molar-refractivity contribution < 1.29 is 17.9 Å². The van der Waals surface area contributed by atoms with Crippen molar-refractivity contribution in [3.63, 3.8) is 0 Å². The van der Waals surface area contributed by atoms with Crippen LogP contribution in [0.2, 0.25) is 0 Å². The molecule has 1 aromatic heterocycles. The Morgan fingerprint density at radius 3 is 2.55 bits per heavy atom. The van der Waals surface area contributed by atoms with Crippen molar-refractivity contribution in [1.82, 2.24) is 4.98 Å². The molecular formula is C15H16N2O4S. The summed E-state index contributed by atoms with van der Waals surface area (Å²) in [4.78, 5) is 15.3. The highest BCUT2D eigenvalue weighted by atomic mass is 32.2. The van der Waals surface area contributed by atoms with Crippen LogP contribution in [0.15, 0.2) is 53.7 Å². The molecule has 0 aliphatic heterocycles. The van der Waals surface area contributed by atoms with Crippen LogP contribution in [0.25, 0.3) is 0 Å². The first kappa shape index (κ1) is 16.0. The second-order valence-electron chi connectivity index (χ2n) is 4.47. The minimum Gasteiger partial charge on any atom is -0.466 e. The van der Waals surface area contributed by atoms with E-state index in [1.807, 2.05) is 0 Å². The van der Waals surface area contributed by atoms with Crippen molar-refractivity contribution >= 4 is 21.7 Å². The van der Waals surface area contributed by atoms with Gasteiger partial charge in [0.25, 0.3) is 10.0 Å². The fraction of sp³-hybridized carbons (Fsp3) is 0.200. The molecule has 6 nitrogen and oxygen atoms in total. The molecule has 0 spiro atoms. The Morgan fingerprint density at radius 2 is 1.95 bits per heavy atom. The van der Waals surface area contributed by atoms with Crippen LogP contribution in [-0.4, -0.2) is 26.0 Å². The monoisotopic (exact) mass is 320 g/mol. The third kappa shape index (κ3) is 4.29. The molecule has 2 rings (SSSR count). The average Bonchev–Trinajstić information content (AvgIpc) is 2.48. The van der Waals surface area contributed by atoms with Gasteiger partial charge in [-0.05, 0) is 36.8 Å². The zero-order valence-corrected chi connectivity index (χ0v) is 12.8. The Balaban J connectivity index is 2.10. The third-order valence-corrected chi connectivity index (χ3v) is 4.20. The summed E-state index contributed by atoms with van der Waals surface area (Å²) < 4.78 is 31.7. The molecule has 116 valence electrons. The first-order chi connectivity index (χ1) is 10.5. The Bertz CT molecular complexity index is 728. The number of rotatable bonds is 6. The Kier molecular flexibility index (Phi) is 5.11. The lowest BCUT2D eigenvalue weighted by atomic mass is 10.1. The number of nitrogens with one attached hydrogen (secondary N) is 1. The van der Waals surface area contributed by atoms with Crippen LogP contribution in [0.4, 0.5) is 5.69 Å². The van der Waals surface area contributed by atoms with Gasteiger partial charge in [0.2, 0.25) is 0 Å². The molecule has 0 aliphatic rings. The molecule has 0 atom stereocenters. The van der Waals surface area contributed by atoms with E-state index in [1.54, 1.807) is 37.4 Å². The van der Waals surface area contributed by atoms with Gasteiger partial charge in [-0.3, -0.25) is 14.5 Å². The summed E-state index contributed by atoms with van der Waals surface area (Å²) in [5.74, 6) is -0.341. The lowest BCUT2D eigenvalue weighted by molar-refractivity contribution is -0.142. The lowest BCUT2D eigenvalue weighted by Gasteiger charge is -2.08. The van der Waals surface area contributed by atoms with Crippen molar-refractivity contribution in [2.45, 2.75) is 18.2 Å². The molecule has 1 N–H and O–H groups in total. The fourth-order valence-corrected chi connectivity index (χ4v) is 2.85. The van der Waals surface area contributed by atoms with E-state index in [2.05, 4.69) is 9.71 Å². The summed E-state index contributed by atoms with van der Waals surface area (Å²) in [7, 11) is -3.67. The summed E-state index contributed by atoms with van der Waals surface area (Å²) in [6.45, 7) is 2.05. The van der Waals surface area contributed by atoms with Gasteiger partial charge >= 0.3 is 5.97 Å². The molecule has 0 amide bonds. The fourth-order valence-electron chi connectivity index (χ4n) is 1.80. The molecule has 7 heteroatoms. The second kappa shape index (κ2) is 7.04. The minimum atomic E-state index is -3.67. The third-order valence-electron chi connectivity index (χ3n) is 2.80. The van der Waals surface area contributed by atoms with E-state index in [1.165, 1.54) is 18.3 Å². The summed E-state index contributed by atoms with van der Waals surface area (Å²) >= 11 is 0. The van der Waals surface area contributed by atoms with Crippen molar-refractivity contribution in [1.29, 1.82) is 0 Å². The Morgan fingerprint density at radius 1 is 1.23 bits per heavy atom. The molecule has 0 unspecified atom stereocenters. The van der Waals surface area contributed by atoms with Crippen LogP contribution in [0.1, 0.15) is 12.5 Å². The average molecular weight is 320 g/mol. The maximum absolute atomic E-state index is 12.2. The predicted molar refractivity (Wildman–Crippen MR) is 81.8 cm³/mol. The minimum absolute atomic E-state index is 0.115. The van der Waals surface area contributed by atoms with Crippen molar-refractivity contribution in [2.75, 3.05) is 11.3 Å². The zero-order valence-electron chi connectivity index (χ0n) is 12.0. The standard InChI is InChI=1S/C15H16N2O4S/c1-2-21-15(18)10-12-5-7-14(8-6-12)22(19,20)17-13-4-3-9-16-11-13/h3-9,11,17H,2,10H2,1H3. The number of esters is 1. The van der Waals surface area contributed by atoms with E-state index in [0.717, 1.165) is 0 Å². The molecule has 0 aliphatic carbocycles. The van der Waals surface area contributed by atoms with Gasteiger partial charge in [0, 0.05) is 6.20 Å². The highest BCUT2D eigenvalue weighted by Crippen LogP contribution is 2.16. The number of carbonyl (C=O) groups excluding carboxylic acids is 1. The smallest absolute Gasteiger partial charge is 0.310 e. The van der Waals surface area contributed by atoms with Gasteiger partial charge in [-0.1, -0.05) is 12.1 Å². The predicted octanol–water partition coefficient (Wildman–Crippen LogP) is 1.99. The topological polar surface area (TPSA) is 85.4 Å². The number of ether oxygens (including phenoxy) is 1. The SMILES string of the molecule is CCOC(=O)Cc1ccc(S(=O)(=O)Nc2cccnc2)cc1. The number of sulfonamides is 1. The van der Waals surface area contributed by atoms with Crippen LogP contribution >= 0.6 is 0 Å². The van der Waals surface area contributed by atoms with Crippen LogP contribution in [0.5, 0.6) is 0 Å². The molecule has 0 saturated heterocycles. The second-order valence-corrected chi connectivity index (χ2v) is 6.16. The number of carbonyl (C=O) groups is 1. The highest BCUT2D eigenvalue weighted by molar-refractivity contribution is 7.92. The van der Waals surface area contributed by atoms with Crippen molar-refractivity contribution in [3.05, 3.63) is 54.4 Å². The lowest BCUT2D eigenvalue weighted by Crippen LogP contribution is -2.13. The Hall–Kier alpha value is -2.41. The number of nitrogens with zero attached hydrogens (tertiary/aromatic N) is 1. The van der Waals surface area contributed by atoms with Crippen LogP contribution in [0.3, 0.4) is 0 Å². The van der Waals surface area contributed by atoms with Crippen LogP contribution in [-0.2, 0) is 26.0 Å². The zero-order chi connectivity index (χ0) is 16.0. The number of hydrogen-bond donors (Lipinski definition) is 1. The molecule has 0 bridgehead atoms. The summed E-state index contributed by atoms with van der Waals surface area (Å²) in [6.07, 6.45) is 3.10. The molecule has 1 heterocycles. The first-order valence-corrected chi connectivity index (χ1v) is 8.17. The number of hydrogen-bond acceptors (Lipinski definition) is 5. The van der Waals surface area contributed by atoms with E-state index in [9.17, 15) is 13.2 Å². The van der Waals surface area contributed by atoms with Gasteiger partial charge < -0.3 is 4.74 Å². The maximum atomic E-state index is 12.2. The molecule has 0 radical (unpaired) electrons. The molecule has 0 fully saturated rings. The number of benzene rings is 1. The van der Waals surface area contributed by atoms with Gasteiger partial charge in [-0.15, -0.1) is 0 Å². The van der Waals surface area contributed by atoms with Crippen molar-refractivity contribution in [3.8, 4) is 0 Å².